The van der Waals surface area contributed by atoms with Crippen molar-refractivity contribution < 1.29 is 0 Å². The number of rotatable bonds is 7. The van der Waals surface area contributed by atoms with Gasteiger partial charge in [-0.05, 0) is 32.3 Å². The molecule has 4 nitrogen and oxygen atoms in total. The standard InChI is InChI=1S/C16H22N4/c1-3-17-16-19-13(2)12-15(20-16)18-11-7-10-14-8-5-4-6-9-14/h4-6,8-9,12H,3,7,10-11H2,1-2H3,(H2,17,18,19,20). The average molecular weight is 270 g/mol. The summed E-state index contributed by atoms with van der Waals surface area (Å²) in [5, 5.41) is 6.51. The maximum Gasteiger partial charge on any atom is 0.224 e. The smallest absolute Gasteiger partial charge is 0.224 e. The monoisotopic (exact) mass is 270 g/mol. The second kappa shape index (κ2) is 7.48. The predicted molar refractivity (Wildman–Crippen MR) is 84.2 cm³/mol. The first-order chi connectivity index (χ1) is 9.78. The molecule has 0 aliphatic carbocycles. The van der Waals surface area contributed by atoms with Crippen LogP contribution in [0.25, 0.3) is 0 Å². The van der Waals surface area contributed by atoms with E-state index in [0.29, 0.717) is 5.95 Å². The molecule has 0 saturated heterocycles. The van der Waals surface area contributed by atoms with Crippen molar-refractivity contribution in [3.8, 4) is 0 Å². The van der Waals surface area contributed by atoms with E-state index in [1.807, 2.05) is 26.0 Å². The van der Waals surface area contributed by atoms with Crippen molar-refractivity contribution in [1.82, 2.24) is 9.97 Å². The van der Waals surface area contributed by atoms with Gasteiger partial charge >= 0.3 is 0 Å². The van der Waals surface area contributed by atoms with Gasteiger partial charge in [-0.2, -0.15) is 4.98 Å². The SMILES string of the molecule is CCNc1nc(C)cc(NCCCc2ccccc2)n1. The lowest BCUT2D eigenvalue weighted by atomic mass is 10.1. The lowest BCUT2D eigenvalue weighted by Crippen LogP contribution is -2.09. The zero-order valence-electron chi connectivity index (χ0n) is 12.2. The molecule has 2 N–H and O–H groups in total. The van der Waals surface area contributed by atoms with E-state index in [1.54, 1.807) is 0 Å². The van der Waals surface area contributed by atoms with Crippen molar-refractivity contribution in [3.63, 3.8) is 0 Å². The summed E-state index contributed by atoms with van der Waals surface area (Å²) in [6.07, 6.45) is 2.17. The van der Waals surface area contributed by atoms with Crippen LogP contribution in [0.2, 0.25) is 0 Å². The summed E-state index contributed by atoms with van der Waals surface area (Å²) in [6, 6.07) is 12.5. The lowest BCUT2D eigenvalue weighted by Gasteiger charge is -2.09. The summed E-state index contributed by atoms with van der Waals surface area (Å²) in [5.41, 5.74) is 2.35. The summed E-state index contributed by atoms with van der Waals surface area (Å²) in [6.45, 7) is 5.77. The molecule has 4 heteroatoms. The van der Waals surface area contributed by atoms with Crippen LogP contribution in [-0.2, 0) is 6.42 Å². The van der Waals surface area contributed by atoms with Gasteiger partial charge in [0.1, 0.15) is 5.82 Å². The number of anilines is 2. The Morgan fingerprint density at radius 1 is 1.05 bits per heavy atom. The molecule has 0 aliphatic heterocycles. The van der Waals surface area contributed by atoms with Gasteiger partial charge in [-0.15, -0.1) is 0 Å². The minimum Gasteiger partial charge on any atom is -0.370 e. The first-order valence-corrected chi connectivity index (χ1v) is 7.15. The van der Waals surface area contributed by atoms with Crippen molar-refractivity contribution in [1.29, 1.82) is 0 Å². The van der Waals surface area contributed by atoms with Crippen molar-refractivity contribution in [2.75, 3.05) is 23.7 Å². The van der Waals surface area contributed by atoms with Gasteiger partial charge < -0.3 is 10.6 Å². The Morgan fingerprint density at radius 2 is 1.85 bits per heavy atom. The molecule has 0 atom stereocenters. The molecule has 0 amide bonds. The fourth-order valence-electron chi connectivity index (χ4n) is 2.05. The quantitative estimate of drug-likeness (QED) is 0.758. The van der Waals surface area contributed by atoms with Gasteiger partial charge in [0.2, 0.25) is 5.95 Å². The molecule has 20 heavy (non-hydrogen) atoms. The molecule has 0 saturated carbocycles. The van der Waals surface area contributed by atoms with Gasteiger partial charge in [0.25, 0.3) is 0 Å². The summed E-state index contributed by atoms with van der Waals surface area (Å²) in [7, 11) is 0. The molecule has 1 heterocycles. The molecule has 2 rings (SSSR count). The Labute approximate surface area is 120 Å². The summed E-state index contributed by atoms with van der Waals surface area (Å²) < 4.78 is 0. The average Bonchev–Trinajstić information content (AvgIpc) is 2.45. The van der Waals surface area contributed by atoms with Crippen molar-refractivity contribution in [3.05, 3.63) is 47.7 Å². The van der Waals surface area contributed by atoms with Gasteiger partial charge in [0, 0.05) is 24.8 Å². The number of hydrogen-bond donors (Lipinski definition) is 2. The third-order valence-electron chi connectivity index (χ3n) is 2.98. The van der Waals surface area contributed by atoms with Crippen LogP contribution in [0, 0.1) is 6.92 Å². The van der Waals surface area contributed by atoms with Crippen LogP contribution in [-0.4, -0.2) is 23.1 Å². The van der Waals surface area contributed by atoms with Crippen LogP contribution in [0.1, 0.15) is 24.6 Å². The molecule has 0 unspecified atom stereocenters. The van der Waals surface area contributed by atoms with Gasteiger partial charge in [-0.25, -0.2) is 4.98 Å². The second-order valence-electron chi connectivity index (χ2n) is 4.76. The number of hydrogen-bond acceptors (Lipinski definition) is 4. The molecule has 2 aromatic rings. The van der Waals surface area contributed by atoms with Gasteiger partial charge in [-0.3, -0.25) is 0 Å². The van der Waals surface area contributed by atoms with Gasteiger partial charge in [0.05, 0.1) is 0 Å². The fraction of sp³-hybridized carbons (Fsp3) is 0.375. The van der Waals surface area contributed by atoms with E-state index in [2.05, 4.69) is 44.9 Å². The van der Waals surface area contributed by atoms with Gasteiger partial charge in [0.15, 0.2) is 0 Å². The van der Waals surface area contributed by atoms with Crippen molar-refractivity contribution in [2.24, 2.45) is 0 Å². The first-order valence-electron chi connectivity index (χ1n) is 7.15. The molecule has 0 radical (unpaired) electrons. The third kappa shape index (κ3) is 4.53. The number of benzene rings is 1. The second-order valence-corrected chi connectivity index (χ2v) is 4.76. The largest absolute Gasteiger partial charge is 0.370 e. The zero-order chi connectivity index (χ0) is 14.2. The van der Waals surface area contributed by atoms with Gasteiger partial charge in [-0.1, -0.05) is 30.3 Å². The summed E-state index contributed by atoms with van der Waals surface area (Å²) in [5.74, 6) is 1.58. The molecule has 0 fully saturated rings. The number of aryl methyl sites for hydroxylation is 2. The van der Waals surface area contributed by atoms with E-state index in [9.17, 15) is 0 Å². The molecule has 0 aliphatic rings. The Morgan fingerprint density at radius 3 is 2.60 bits per heavy atom. The van der Waals surface area contributed by atoms with Crippen LogP contribution in [0.4, 0.5) is 11.8 Å². The number of nitrogens with zero attached hydrogens (tertiary/aromatic N) is 2. The topological polar surface area (TPSA) is 49.8 Å². The predicted octanol–water partition coefficient (Wildman–Crippen LogP) is 3.26. The number of nitrogens with one attached hydrogen (secondary N) is 2. The zero-order valence-corrected chi connectivity index (χ0v) is 12.2. The van der Waals surface area contributed by atoms with E-state index in [0.717, 1.165) is 37.4 Å². The van der Waals surface area contributed by atoms with E-state index < -0.39 is 0 Å². The molecular weight excluding hydrogens is 248 g/mol. The summed E-state index contributed by atoms with van der Waals surface area (Å²) >= 11 is 0. The normalized spacial score (nSPS) is 10.3. The minimum atomic E-state index is 0.693. The maximum atomic E-state index is 4.43. The number of aromatic nitrogens is 2. The van der Waals surface area contributed by atoms with Crippen LogP contribution in [0.5, 0.6) is 0 Å². The first kappa shape index (κ1) is 14.3. The lowest BCUT2D eigenvalue weighted by molar-refractivity contribution is 0.857. The Kier molecular flexibility index (Phi) is 5.35. The highest BCUT2D eigenvalue weighted by atomic mass is 15.1. The maximum absolute atomic E-state index is 4.43. The fourth-order valence-corrected chi connectivity index (χ4v) is 2.05. The molecule has 106 valence electrons. The molecule has 0 bridgehead atoms. The van der Waals surface area contributed by atoms with Crippen molar-refractivity contribution >= 4 is 11.8 Å². The van der Waals surface area contributed by atoms with E-state index in [1.165, 1.54) is 5.56 Å². The van der Waals surface area contributed by atoms with E-state index in [4.69, 9.17) is 0 Å². The van der Waals surface area contributed by atoms with Crippen LogP contribution in [0.15, 0.2) is 36.4 Å². The Bertz CT molecular complexity index is 525. The highest BCUT2D eigenvalue weighted by molar-refractivity contribution is 5.42. The van der Waals surface area contributed by atoms with Crippen LogP contribution >= 0.6 is 0 Å². The Balaban J connectivity index is 1.81. The molecule has 1 aromatic heterocycles. The molecule has 1 aromatic carbocycles. The summed E-state index contributed by atoms with van der Waals surface area (Å²) in [4.78, 5) is 8.77. The minimum absolute atomic E-state index is 0.693. The highest BCUT2D eigenvalue weighted by Gasteiger charge is 2.00. The Hall–Kier alpha value is -2.10. The van der Waals surface area contributed by atoms with E-state index >= 15 is 0 Å². The molecule has 0 spiro atoms. The van der Waals surface area contributed by atoms with Crippen LogP contribution in [0.3, 0.4) is 0 Å². The van der Waals surface area contributed by atoms with Crippen molar-refractivity contribution in [2.45, 2.75) is 26.7 Å². The van der Waals surface area contributed by atoms with E-state index in [-0.39, 0.29) is 0 Å². The highest BCUT2D eigenvalue weighted by Crippen LogP contribution is 2.10. The molecular formula is C16H22N4. The third-order valence-corrected chi connectivity index (χ3v) is 2.98. The van der Waals surface area contributed by atoms with Crippen LogP contribution < -0.4 is 10.6 Å².